The van der Waals surface area contributed by atoms with Crippen molar-refractivity contribution < 1.29 is 9.84 Å². The van der Waals surface area contributed by atoms with Crippen molar-refractivity contribution in [2.45, 2.75) is 56.8 Å². The van der Waals surface area contributed by atoms with Crippen molar-refractivity contribution in [2.24, 2.45) is 11.7 Å². The SMILES string of the molecule is Cl.Cl.N[C@@H]1CCN(CC(c2ccc(OCc3ccccc3)cc2)C2CCCCC2O)C1. The van der Waals surface area contributed by atoms with Gasteiger partial charge in [-0.3, -0.25) is 0 Å². The molecule has 31 heavy (non-hydrogen) atoms. The number of likely N-dealkylation sites (tertiary alicyclic amines) is 1. The summed E-state index contributed by atoms with van der Waals surface area (Å²) in [5.41, 5.74) is 8.62. The third kappa shape index (κ3) is 7.10. The van der Waals surface area contributed by atoms with E-state index in [0.717, 1.165) is 51.1 Å². The van der Waals surface area contributed by atoms with Gasteiger partial charge in [-0.05, 0) is 55.0 Å². The summed E-state index contributed by atoms with van der Waals surface area (Å²) in [6.07, 6.45) is 5.28. The molecule has 4 atom stereocenters. The average molecular weight is 467 g/mol. The van der Waals surface area contributed by atoms with Crippen molar-refractivity contribution in [1.29, 1.82) is 0 Å². The van der Waals surface area contributed by atoms with Gasteiger partial charge in [-0.25, -0.2) is 0 Å². The highest BCUT2D eigenvalue weighted by Gasteiger charge is 2.34. The molecule has 2 aromatic rings. The summed E-state index contributed by atoms with van der Waals surface area (Å²) in [6, 6.07) is 19.1. The number of rotatable bonds is 7. The molecule has 3 N–H and O–H groups in total. The number of ether oxygens (including phenoxy) is 1. The van der Waals surface area contributed by atoms with Crippen molar-refractivity contribution in [2.75, 3.05) is 19.6 Å². The molecular formula is C25H36Cl2N2O2. The molecule has 1 aliphatic heterocycles. The highest BCUT2D eigenvalue weighted by atomic mass is 35.5. The molecule has 0 aromatic heterocycles. The second kappa shape index (κ2) is 12.7. The third-order valence-electron chi connectivity index (χ3n) is 6.62. The van der Waals surface area contributed by atoms with Gasteiger partial charge in [0.05, 0.1) is 6.10 Å². The second-order valence-electron chi connectivity index (χ2n) is 8.77. The first kappa shape index (κ1) is 26.0. The van der Waals surface area contributed by atoms with Crippen LogP contribution in [0.4, 0.5) is 0 Å². The second-order valence-corrected chi connectivity index (χ2v) is 8.77. The van der Waals surface area contributed by atoms with Gasteiger partial charge < -0.3 is 20.5 Å². The van der Waals surface area contributed by atoms with E-state index in [-0.39, 0.29) is 30.9 Å². The Balaban J connectivity index is 0.00000171. The van der Waals surface area contributed by atoms with E-state index in [2.05, 4.69) is 41.3 Å². The Bertz CT molecular complexity index is 760. The van der Waals surface area contributed by atoms with Crippen LogP contribution >= 0.6 is 24.8 Å². The molecule has 0 bridgehead atoms. The van der Waals surface area contributed by atoms with Gasteiger partial charge in [0.25, 0.3) is 0 Å². The molecule has 6 heteroatoms. The number of halogens is 2. The quantitative estimate of drug-likeness (QED) is 0.616. The van der Waals surface area contributed by atoms with Gasteiger partial charge in [0.2, 0.25) is 0 Å². The Morgan fingerprint density at radius 2 is 1.68 bits per heavy atom. The third-order valence-corrected chi connectivity index (χ3v) is 6.62. The fourth-order valence-electron chi connectivity index (χ4n) is 4.96. The van der Waals surface area contributed by atoms with Gasteiger partial charge in [-0.1, -0.05) is 55.3 Å². The predicted molar refractivity (Wildman–Crippen MR) is 131 cm³/mol. The van der Waals surface area contributed by atoms with Crippen LogP contribution in [0.3, 0.4) is 0 Å². The molecule has 4 nitrogen and oxygen atoms in total. The summed E-state index contributed by atoms with van der Waals surface area (Å²) in [6.45, 7) is 3.60. The summed E-state index contributed by atoms with van der Waals surface area (Å²) >= 11 is 0. The van der Waals surface area contributed by atoms with E-state index in [1.807, 2.05) is 18.2 Å². The van der Waals surface area contributed by atoms with E-state index < -0.39 is 0 Å². The van der Waals surface area contributed by atoms with Crippen molar-refractivity contribution in [1.82, 2.24) is 4.90 Å². The number of aliphatic hydroxyl groups excluding tert-OH is 1. The van der Waals surface area contributed by atoms with Crippen LogP contribution in [0.2, 0.25) is 0 Å². The molecular weight excluding hydrogens is 431 g/mol. The smallest absolute Gasteiger partial charge is 0.119 e. The van der Waals surface area contributed by atoms with E-state index >= 15 is 0 Å². The minimum Gasteiger partial charge on any atom is -0.489 e. The first-order valence-electron chi connectivity index (χ1n) is 11.1. The number of nitrogens with two attached hydrogens (primary N) is 1. The molecule has 3 unspecified atom stereocenters. The van der Waals surface area contributed by atoms with Gasteiger partial charge in [0.1, 0.15) is 12.4 Å². The fraction of sp³-hybridized carbons (Fsp3) is 0.520. The minimum absolute atomic E-state index is 0. The maximum absolute atomic E-state index is 10.7. The lowest BCUT2D eigenvalue weighted by atomic mass is 9.74. The molecule has 1 saturated heterocycles. The van der Waals surface area contributed by atoms with Crippen LogP contribution < -0.4 is 10.5 Å². The lowest BCUT2D eigenvalue weighted by Gasteiger charge is -2.36. The number of nitrogens with zero attached hydrogens (tertiary/aromatic N) is 1. The molecule has 2 aliphatic rings. The Kier molecular flexibility index (Phi) is 10.6. The summed E-state index contributed by atoms with van der Waals surface area (Å²) in [4.78, 5) is 2.48. The lowest BCUT2D eigenvalue weighted by molar-refractivity contribution is 0.0476. The van der Waals surface area contributed by atoms with Crippen LogP contribution in [0.5, 0.6) is 5.75 Å². The van der Waals surface area contributed by atoms with E-state index in [4.69, 9.17) is 10.5 Å². The van der Waals surface area contributed by atoms with Gasteiger partial charge in [-0.2, -0.15) is 0 Å². The maximum Gasteiger partial charge on any atom is 0.119 e. The van der Waals surface area contributed by atoms with Crippen LogP contribution in [-0.4, -0.2) is 41.8 Å². The number of aliphatic hydroxyl groups is 1. The first-order valence-corrected chi connectivity index (χ1v) is 11.1. The zero-order valence-corrected chi connectivity index (χ0v) is 19.7. The Labute approximate surface area is 199 Å². The Morgan fingerprint density at radius 3 is 2.32 bits per heavy atom. The number of hydrogen-bond donors (Lipinski definition) is 2. The van der Waals surface area contributed by atoms with Gasteiger partial charge in [-0.15, -0.1) is 24.8 Å². The van der Waals surface area contributed by atoms with Crippen LogP contribution in [0, 0.1) is 5.92 Å². The van der Waals surface area contributed by atoms with Crippen LogP contribution in [0.1, 0.15) is 49.1 Å². The highest BCUT2D eigenvalue weighted by Crippen LogP contribution is 2.38. The lowest BCUT2D eigenvalue weighted by Crippen LogP contribution is -2.37. The largest absolute Gasteiger partial charge is 0.489 e. The van der Waals surface area contributed by atoms with Gasteiger partial charge in [0.15, 0.2) is 0 Å². The Hall–Kier alpha value is -1.30. The molecule has 2 fully saturated rings. The van der Waals surface area contributed by atoms with Crippen LogP contribution in [0.15, 0.2) is 54.6 Å². The zero-order chi connectivity index (χ0) is 20.1. The molecule has 172 valence electrons. The summed E-state index contributed by atoms with van der Waals surface area (Å²) in [7, 11) is 0. The normalized spacial score (nSPS) is 24.6. The number of benzene rings is 2. The monoisotopic (exact) mass is 466 g/mol. The average Bonchev–Trinajstić information content (AvgIpc) is 3.17. The maximum atomic E-state index is 10.7. The molecule has 2 aromatic carbocycles. The van der Waals surface area contributed by atoms with Crippen molar-refractivity contribution in [3.8, 4) is 5.75 Å². The number of hydrogen-bond acceptors (Lipinski definition) is 4. The molecule has 0 spiro atoms. The standard InChI is InChI=1S/C25H34N2O2.2ClH/c26-21-14-15-27(16-21)17-24(23-8-4-5-9-25(23)28)20-10-12-22(13-11-20)29-18-19-6-2-1-3-7-19;;/h1-3,6-7,10-13,21,23-25,28H,4-5,8-9,14-18,26H2;2*1H/t21-,23?,24?,25?;;/m1../s1. The van der Waals surface area contributed by atoms with Gasteiger partial charge >= 0.3 is 0 Å². The Morgan fingerprint density at radius 1 is 0.968 bits per heavy atom. The zero-order valence-electron chi connectivity index (χ0n) is 18.1. The summed E-state index contributed by atoms with van der Waals surface area (Å²) in [5.74, 6) is 1.57. The van der Waals surface area contributed by atoms with Gasteiger partial charge in [0, 0.05) is 25.0 Å². The predicted octanol–water partition coefficient (Wildman–Crippen LogP) is 4.78. The topological polar surface area (TPSA) is 58.7 Å². The van der Waals surface area contributed by atoms with E-state index in [9.17, 15) is 5.11 Å². The molecule has 1 aliphatic carbocycles. The van der Waals surface area contributed by atoms with Crippen molar-refractivity contribution in [3.63, 3.8) is 0 Å². The molecule has 1 heterocycles. The van der Waals surface area contributed by atoms with E-state index in [1.54, 1.807) is 0 Å². The van der Waals surface area contributed by atoms with E-state index in [0.29, 0.717) is 24.5 Å². The molecule has 0 radical (unpaired) electrons. The van der Waals surface area contributed by atoms with Crippen molar-refractivity contribution >= 4 is 24.8 Å². The minimum atomic E-state index is -0.195. The van der Waals surface area contributed by atoms with E-state index in [1.165, 1.54) is 17.5 Å². The van der Waals surface area contributed by atoms with Crippen LogP contribution in [0.25, 0.3) is 0 Å². The fourth-order valence-corrected chi connectivity index (χ4v) is 4.96. The highest BCUT2D eigenvalue weighted by molar-refractivity contribution is 5.85. The molecule has 1 saturated carbocycles. The first-order chi connectivity index (χ1) is 14.2. The molecule has 0 amide bonds. The summed E-state index contributed by atoms with van der Waals surface area (Å²) < 4.78 is 5.96. The summed E-state index contributed by atoms with van der Waals surface area (Å²) in [5, 5.41) is 10.7. The van der Waals surface area contributed by atoms with Crippen molar-refractivity contribution in [3.05, 3.63) is 65.7 Å². The molecule has 4 rings (SSSR count). The van der Waals surface area contributed by atoms with Crippen LogP contribution in [-0.2, 0) is 6.61 Å².